The molecule has 0 unspecified atom stereocenters. The van der Waals surface area contributed by atoms with Crippen molar-refractivity contribution in [1.82, 2.24) is 15.1 Å². The van der Waals surface area contributed by atoms with Crippen LogP contribution in [0.25, 0.3) is 6.08 Å². The maximum Gasteiger partial charge on any atom is 0.266 e. The zero-order valence-electron chi connectivity index (χ0n) is 17.0. The average molecular weight is 461 g/mol. The Morgan fingerprint density at radius 3 is 2.67 bits per heavy atom. The molecule has 0 saturated carbocycles. The van der Waals surface area contributed by atoms with Gasteiger partial charge in [0.15, 0.2) is 0 Å². The second-order valence-corrected chi connectivity index (χ2v) is 9.70. The van der Waals surface area contributed by atoms with Crippen molar-refractivity contribution in [3.05, 3.63) is 45.3 Å². The van der Waals surface area contributed by atoms with Gasteiger partial charge in [-0.25, -0.2) is 0 Å². The average Bonchev–Trinajstić information content (AvgIpc) is 3.28. The molecule has 0 radical (unpaired) electrons. The highest BCUT2D eigenvalue weighted by atomic mass is 32.2. The van der Waals surface area contributed by atoms with Crippen LogP contribution < -0.4 is 5.32 Å². The van der Waals surface area contributed by atoms with Crippen LogP contribution >= 0.6 is 35.3 Å². The highest BCUT2D eigenvalue weighted by molar-refractivity contribution is 8.26. The Labute approximate surface area is 190 Å². The van der Waals surface area contributed by atoms with Crippen LogP contribution in [0.2, 0.25) is 0 Å². The number of thioether (sulfide) groups is 1. The van der Waals surface area contributed by atoms with Gasteiger partial charge in [-0.3, -0.25) is 14.5 Å². The number of benzene rings is 1. The normalized spacial score (nSPS) is 15.3. The van der Waals surface area contributed by atoms with Crippen LogP contribution in [0.1, 0.15) is 48.7 Å². The van der Waals surface area contributed by atoms with Crippen molar-refractivity contribution < 1.29 is 9.59 Å². The SMILES string of the molecule is CCc1nnc(NC(=O)CCCCCN2C(=O)C(=Cc3ccc(C)cc3)SC2=S)s1. The van der Waals surface area contributed by atoms with Crippen molar-refractivity contribution in [1.29, 1.82) is 0 Å². The summed E-state index contributed by atoms with van der Waals surface area (Å²) in [7, 11) is 0. The highest BCUT2D eigenvalue weighted by Gasteiger charge is 2.31. The van der Waals surface area contributed by atoms with Gasteiger partial charge < -0.3 is 5.32 Å². The molecule has 9 heteroatoms. The molecule has 2 heterocycles. The lowest BCUT2D eigenvalue weighted by atomic mass is 10.1. The van der Waals surface area contributed by atoms with E-state index >= 15 is 0 Å². The van der Waals surface area contributed by atoms with E-state index in [2.05, 4.69) is 15.5 Å². The van der Waals surface area contributed by atoms with E-state index in [1.165, 1.54) is 28.7 Å². The Balaban J connectivity index is 1.40. The van der Waals surface area contributed by atoms with Crippen molar-refractivity contribution in [3.63, 3.8) is 0 Å². The van der Waals surface area contributed by atoms with Gasteiger partial charge in [-0.1, -0.05) is 78.5 Å². The quantitative estimate of drug-likeness (QED) is 0.329. The number of aryl methyl sites for hydroxylation is 2. The van der Waals surface area contributed by atoms with Crippen LogP contribution in [0, 0.1) is 6.92 Å². The van der Waals surface area contributed by atoms with Gasteiger partial charge in [0.05, 0.1) is 4.91 Å². The number of unbranched alkanes of at least 4 members (excludes halogenated alkanes) is 2. The molecule has 1 N–H and O–H groups in total. The maximum atomic E-state index is 12.7. The Morgan fingerprint density at radius 2 is 1.97 bits per heavy atom. The zero-order valence-corrected chi connectivity index (χ0v) is 19.5. The molecule has 1 saturated heterocycles. The summed E-state index contributed by atoms with van der Waals surface area (Å²) in [4.78, 5) is 27.0. The van der Waals surface area contributed by atoms with Crippen LogP contribution in [-0.2, 0) is 16.0 Å². The van der Waals surface area contributed by atoms with Gasteiger partial charge in [0.2, 0.25) is 11.0 Å². The molecule has 3 rings (SSSR count). The number of carbonyl (C=O) groups excluding carboxylic acids is 2. The van der Waals surface area contributed by atoms with Crippen molar-refractivity contribution in [2.45, 2.75) is 46.0 Å². The largest absolute Gasteiger partial charge is 0.301 e. The first-order valence-electron chi connectivity index (χ1n) is 9.90. The molecular formula is C21H24N4O2S3. The van der Waals surface area contributed by atoms with Gasteiger partial charge in [-0.2, -0.15) is 0 Å². The Kier molecular flexibility index (Phi) is 8.12. The maximum absolute atomic E-state index is 12.7. The van der Waals surface area contributed by atoms with Crippen molar-refractivity contribution >= 4 is 62.7 Å². The molecular weight excluding hydrogens is 436 g/mol. The number of nitrogens with zero attached hydrogens (tertiary/aromatic N) is 3. The summed E-state index contributed by atoms with van der Waals surface area (Å²) >= 11 is 8.14. The lowest BCUT2D eigenvalue weighted by molar-refractivity contribution is -0.122. The molecule has 0 aliphatic carbocycles. The predicted octanol–water partition coefficient (Wildman–Crippen LogP) is 4.81. The van der Waals surface area contributed by atoms with Crippen molar-refractivity contribution in [2.24, 2.45) is 0 Å². The lowest BCUT2D eigenvalue weighted by Crippen LogP contribution is -2.29. The van der Waals surface area contributed by atoms with Crippen molar-refractivity contribution in [3.8, 4) is 0 Å². The van der Waals surface area contributed by atoms with E-state index in [1.54, 1.807) is 4.90 Å². The molecule has 0 atom stereocenters. The van der Waals surface area contributed by atoms with E-state index in [-0.39, 0.29) is 11.8 Å². The second-order valence-electron chi connectivity index (χ2n) is 6.96. The van der Waals surface area contributed by atoms with Crippen LogP contribution in [0.15, 0.2) is 29.2 Å². The number of carbonyl (C=O) groups is 2. The number of hydrogen-bond donors (Lipinski definition) is 1. The number of rotatable bonds is 9. The van der Waals surface area contributed by atoms with Gasteiger partial charge in [0.25, 0.3) is 5.91 Å². The minimum Gasteiger partial charge on any atom is -0.301 e. The van der Waals surface area contributed by atoms with Crippen LogP contribution in [-0.4, -0.2) is 37.8 Å². The minimum absolute atomic E-state index is 0.0358. The number of aromatic nitrogens is 2. The first-order valence-corrected chi connectivity index (χ1v) is 11.9. The number of thiocarbonyl (C=S) groups is 1. The monoisotopic (exact) mass is 460 g/mol. The number of nitrogens with one attached hydrogen (secondary N) is 1. The molecule has 6 nitrogen and oxygen atoms in total. The number of anilines is 1. The molecule has 1 aromatic carbocycles. The van der Waals surface area contributed by atoms with E-state index in [4.69, 9.17) is 12.2 Å². The molecule has 2 aromatic rings. The smallest absolute Gasteiger partial charge is 0.266 e. The van der Waals surface area contributed by atoms with Gasteiger partial charge in [0.1, 0.15) is 9.33 Å². The van der Waals surface area contributed by atoms with Gasteiger partial charge in [-0.05, 0) is 37.8 Å². The van der Waals surface area contributed by atoms with E-state index < -0.39 is 0 Å². The van der Waals surface area contributed by atoms with Gasteiger partial charge in [-0.15, -0.1) is 10.2 Å². The molecule has 30 heavy (non-hydrogen) atoms. The van der Waals surface area contributed by atoms with E-state index in [0.717, 1.165) is 36.3 Å². The minimum atomic E-state index is -0.0551. The molecule has 0 bridgehead atoms. The first-order chi connectivity index (χ1) is 14.5. The highest BCUT2D eigenvalue weighted by Crippen LogP contribution is 2.32. The van der Waals surface area contributed by atoms with Crippen LogP contribution in [0.4, 0.5) is 5.13 Å². The molecule has 0 spiro atoms. The van der Waals surface area contributed by atoms with E-state index in [0.29, 0.717) is 27.3 Å². The summed E-state index contributed by atoms with van der Waals surface area (Å²) in [6.45, 7) is 4.61. The molecule has 1 aliphatic rings. The first kappa shape index (κ1) is 22.6. The summed E-state index contributed by atoms with van der Waals surface area (Å²) in [5.74, 6) is -0.0910. The fourth-order valence-electron chi connectivity index (χ4n) is 2.87. The van der Waals surface area contributed by atoms with Gasteiger partial charge >= 0.3 is 0 Å². The standard InChI is InChI=1S/C21H24N4O2S3/c1-3-18-23-24-20(30-18)22-17(26)7-5-4-6-12-25-19(27)16(29-21(25)28)13-15-10-8-14(2)9-11-15/h8-11,13H,3-7,12H2,1-2H3,(H,22,24,26). The number of amides is 2. The fraction of sp³-hybridized carbons (Fsp3) is 0.381. The summed E-state index contributed by atoms with van der Waals surface area (Å²) in [5, 5.41) is 12.2. The zero-order chi connectivity index (χ0) is 21.5. The van der Waals surface area contributed by atoms with Crippen LogP contribution in [0.3, 0.4) is 0 Å². The molecule has 1 fully saturated rings. The Bertz CT molecular complexity index is 953. The summed E-state index contributed by atoms with van der Waals surface area (Å²) < 4.78 is 0.596. The second kappa shape index (κ2) is 10.8. The molecule has 1 aliphatic heterocycles. The summed E-state index contributed by atoms with van der Waals surface area (Å²) in [5.41, 5.74) is 2.18. The predicted molar refractivity (Wildman–Crippen MR) is 127 cm³/mol. The third-order valence-electron chi connectivity index (χ3n) is 4.55. The molecule has 2 amide bonds. The third-order valence-corrected chi connectivity index (χ3v) is 6.91. The molecule has 158 valence electrons. The summed E-state index contributed by atoms with van der Waals surface area (Å²) in [6.07, 6.45) is 5.52. The van der Waals surface area contributed by atoms with Crippen LogP contribution in [0.5, 0.6) is 0 Å². The number of hydrogen-bond acceptors (Lipinski definition) is 7. The lowest BCUT2D eigenvalue weighted by Gasteiger charge is -2.13. The topological polar surface area (TPSA) is 75.2 Å². The van der Waals surface area contributed by atoms with E-state index in [9.17, 15) is 9.59 Å². The Morgan fingerprint density at radius 1 is 1.20 bits per heavy atom. The van der Waals surface area contributed by atoms with Gasteiger partial charge in [0, 0.05) is 13.0 Å². The van der Waals surface area contributed by atoms with E-state index in [1.807, 2.05) is 44.2 Å². The third kappa shape index (κ3) is 6.20. The Hall–Kier alpha value is -2.10. The van der Waals surface area contributed by atoms with Crippen molar-refractivity contribution in [2.75, 3.05) is 11.9 Å². The summed E-state index contributed by atoms with van der Waals surface area (Å²) in [6, 6.07) is 8.04. The molecule has 1 aromatic heterocycles. The fourth-order valence-corrected chi connectivity index (χ4v) is 4.87.